The summed E-state index contributed by atoms with van der Waals surface area (Å²) in [5.74, 6) is 0.521. The molecule has 6 heteroatoms. The number of nitrogens with one attached hydrogen (secondary N) is 1. The highest BCUT2D eigenvalue weighted by Gasteiger charge is 2.31. The van der Waals surface area contributed by atoms with Crippen LogP contribution in [0.2, 0.25) is 0 Å². The first kappa shape index (κ1) is 18.9. The SMILES string of the molecule is CC1CC(C)CN(S(=O)(=O)c2ccc(C(=O)NC(C)(C)C)cc2)C1. The van der Waals surface area contributed by atoms with Crippen molar-refractivity contribution >= 4 is 15.9 Å². The third-order valence-corrected chi connectivity index (χ3v) is 5.92. The van der Waals surface area contributed by atoms with Crippen molar-refractivity contribution in [3.05, 3.63) is 29.8 Å². The number of hydrogen-bond acceptors (Lipinski definition) is 3. The topological polar surface area (TPSA) is 66.5 Å². The maximum Gasteiger partial charge on any atom is 0.251 e. The zero-order valence-electron chi connectivity index (χ0n) is 15.2. The molecule has 0 aromatic heterocycles. The van der Waals surface area contributed by atoms with E-state index in [0.717, 1.165) is 6.42 Å². The minimum atomic E-state index is -3.50. The van der Waals surface area contributed by atoms with Crippen LogP contribution in [-0.2, 0) is 10.0 Å². The first-order valence-corrected chi connectivity index (χ1v) is 9.86. The molecule has 1 saturated heterocycles. The predicted molar refractivity (Wildman–Crippen MR) is 95.4 cm³/mol. The highest BCUT2D eigenvalue weighted by molar-refractivity contribution is 7.89. The summed E-state index contributed by atoms with van der Waals surface area (Å²) < 4.78 is 27.2. The average Bonchev–Trinajstić information content (AvgIpc) is 2.44. The normalized spacial score (nSPS) is 23.0. The minimum absolute atomic E-state index is 0.202. The lowest BCUT2D eigenvalue weighted by molar-refractivity contribution is 0.0919. The third kappa shape index (κ3) is 4.57. The van der Waals surface area contributed by atoms with E-state index in [0.29, 0.717) is 30.5 Å². The van der Waals surface area contributed by atoms with E-state index in [1.54, 1.807) is 16.4 Å². The van der Waals surface area contributed by atoms with E-state index in [1.807, 2.05) is 20.8 Å². The molecule has 134 valence electrons. The summed E-state index contributed by atoms with van der Waals surface area (Å²) in [6.07, 6.45) is 1.05. The number of carbonyl (C=O) groups is 1. The lowest BCUT2D eigenvalue weighted by atomic mass is 9.94. The van der Waals surface area contributed by atoms with Crippen molar-refractivity contribution in [2.24, 2.45) is 11.8 Å². The first-order valence-electron chi connectivity index (χ1n) is 8.42. The van der Waals surface area contributed by atoms with Crippen molar-refractivity contribution in [2.75, 3.05) is 13.1 Å². The Hall–Kier alpha value is -1.40. The fraction of sp³-hybridized carbons (Fsp3) is 0.611. The standard InChI is InChI=1S/C18H28N2O3S/c1-13-10-14(2)12-20(11-13)24(22,23)16-8-6-15(7-9-16)17(21)19-18(3,4)5/h6-9,13-14H,10-12H2,1-5H3,(H,19,21). The largest absolute Gasteiger partial charge is 0.347 e. The summed E-state index contributed by atoms with van der Waals surface area (Å²) in [6.45, 7) is 11.0. The second-order valence-electron chi connectivity index (χ2n) is 8.00. The Bertz CT molecular complexity index is 680. The number of carbonyl (C=O) groups excluding carboxylic acids is 1. The molecule has 2 rings (SSSR count). The third-order valence-electron chi connectivity index (χ3n) is 4.08. The number of nitrogens with zero attached hydrogens (tertiary/aromatic N) is 1. The van der Waals surface area contributed by atoms with Gasteiger partial charge in [0.05, 0.1) is 4.90 Å². The molecule has 1 aromatic rings. The Morgan fingerprint density at radius 2 is 1.58 bits per heavy atom. The quantitative estimate of drug-likeness (QED) is 0.909. The van der Waals surface area contributed by atoms with Crippen LogP contribution in [0.25, 0.3) is 0 Å². The molecule has 1 aromatic carbocycles. The van der Waals surface area contributed by atoms with Gasteiger partial charge in [-0.25, -0.2) is 8.42 Å². The van der Waals surface area contributed by atoms with Crippen LogP contribution in [0.3, 0.4) is 0 Å². The molecule has 5 nitrogen and oxygen atoms in total. The molecule has 0 saturated carbocycles. The van der Waals surface area contributed by atoms with Crippen molar-refractivity contribution in [2.45, 2.75) is 51.5 Å². The molecule has 1 fully saturated rings. The van der Waals surface area contributed by atoms with E-state index >= 15 is 0 Å². The number of amides is 1. The van der Waals surface area contributed by atoms with E-state index in [9.17, 15) is 13.2 Å². The van der Waals surface area contributed by atoms with Gasteiger partial charge in [0.25, 0.3) is 5.91 Å². The van der Waals surface area contributed by atoms with Gasteiger partial charge in [0.15, 0.2) is 0 Å². The molecule has 2 unspecified atom stereocenters. The number of benzene rings is 1. The van der Waals surface area contributed by atoms with Gasteiger partial charge < -0.3 is 5.32 Å². The summed E-state index contributed by atoms with van der Waals surface area (Å²) in [5.41, 5.74) is 0.131. The van der Waals surface area contributed by atoms with Gasteiger partial charge >= 0.3 is 0 Å². The fourth-order valence-electron chi connectivity index (χ4n) is 3.14. The summed E-state index contributed by atoms with van der Waals surface area (Å²) in [4.78, 5) is 12.4. The van der Waals surface area contributed by atoms with Crippen molar-refractivity contribution in [1.82, 2.24) is 9.62 Å². The highest BCUT2D eigenvalue weighted by atomic mass is 32.2. The Kier molecular flexibility index (Phi) is 5.40. The Morgan fingerprint density at radius 3 is 2.04 bits per heavy atom. The maximum atomic E-state index is 12.8. The summed E-state index contributed by atoms with van der Waals surface area (Å²) >= 11 is 0. The van der Waals surface area contributed by atoms with Crippen LogP contribution in [-0.4, -0.2) is 37.3 Å². The van der Waals surface area contributed by atoms with Gasteiger partial charge in [0, 0.05) is 24.2 Å². The number of rotatable bonds is 3. The summed E-state index contributed by atoms with van der Waals surface area (Å²) in [7, 11) is -3.50. The van der Waals surface area contributed by atoms with Gasteiger partial charge in [-0.1, -0.05) is 13.8 Å². The van der Waals surface area contributed by atoms with Crippen LogP contribution < -0.4 is 5.32 Å². The van der Waals surface area contributed by atoms with Crippen molar-refractivity contribution in [3.8, 4) is 0 Å². The number of hydrogen-bond donors (Lipinski definition) is 1. The first-order chi connectivity index (χ1) is 11.0. The van der Waals surface area contributed by atoms with Gasteiger partial charge in [-0.2, -0.15) is 4.31 Å². The van der Waals surface area contributed by atoms with Crippen LogP contribution in [0.5, 0.6) is 0 Å². The average molecular weight is 353 g/mol. The van der Waals surface area contributed by atoms with Crippen molar-refractivity contribution in [3.63, 3.8) is 0 Å². The highest BCUT2D eigenvalue weighted by Crippen LogP contribution is 2.26. The van der Waals surface area contributed by atoms with Gasteiger partial charge in [-0.05, 0) is 63.3 Å². The van der Waals surface area contributed by atoms with E-state index in [1.165, 1.54) is 12.1 Å². The monoisotopic (exact) mass is 352 g/mol. The van der Waals surface area contributed by atoms with Crippen molar-refractivity contribution < 1.29 is 13.2 Å². The molecule has 0 aliphatic carbocycles. The predicted octanol–water partition coefficient (Wildman–Crippen LogP) is 2.88. The zero-order chi connectivity index (χ0) is 18.1. The van der Waals surface area contributed by atoms with Gasteiger partial charge in [-0.15, -0.1) is 0 Å². The van der Waals surface area contributed by atoms with Crippen LogP contribution in [0.1, 0.15) is 51.4 Å². The molecule has 1 aliphatic rings. The van der Waals surface area contributed by atoms with E-state index in [2.05, 4.69) is 19.2 Å². The van der Waals surface area contributed by atoms with Gasteiger partial charge in [-0.3, -0.25) is 4.79 Å². The second-order valence-corrected chi connectivity index (χ2v) is 9.93. The molecular weight excluding hydrogens is 324 g/mol. The molecule has 0 bridgehead atoms. The van der Waals surface area contributed by atoms with E-state index in [-0.39, 0.29) is 16.3 Å². The summed E-state index contributed by atoms with van der Waals surface area (Å²) in [6, 6.07) is 6.20. The van der Waals surface area contributed by atoms with Crippen molar-refractivity contribution in [1.29, 1.82) is 0 Å². The zero-order valence-corrected chi connectivity index (χ0v) is 16.0. The smallest absolute Gasteiger partial charge is 0.251 e. The van der Waals surface area contributed by atoms with Gasteiger partial charge in [0.2, 0.25) is 10.0 Å². The Balaban J connectivity index is 2.19. The molecule has 0 radical (unpaired) electrons. The second kappa shape index (κ2) is 6.84. The Morgan fingerprint density at radius 1 is 1.08 bits per heavy atom. The lowest BCUT2D eigenvalue weighted by Gasteiger charge is -2.34. The summed E-state index contributed by atoms with van der Waals surface area (Å²) in [5, 5.41) is 2.87. The van der Waals surface area contributed by atoms with Crippen LogP contribution in [0.4, 0.5) is 0 Å². The molecular formula is C18H28N2O3S. The molecule has 2 atom stereocenters. The fourth-order valence-corrected chi connectivity index (χ4v) is 4.82. The molecule has 1 amide bonds. The molecule has 0 spiro atoms. The molecule has 24 heavy (non-hydrogen) atoms. The maximum absolute atomic E-state index is 12.8. The van der Waals surface area contributed by atoms with Crippen LogP contribution in [0.15, 0.2) is 29.2 Å². The van der Waals surface area contributed by atoms with Crippen LogP contribution >= 0.6 is 0 Å². The lowest BCUT2D eigenvalue weighted by Crippen LogP contribution is -2.42. The number of piperidine rings is 1. The van der Waals surface area contributed by atoms with E-state index in [4.69, 9.17) is 0 Å². The minimum Gasteiger partial charge on any atom is -0.347 e. The number of sulfonamides is 1. The van der Waals surface area contributed by atoms with E-state index < -0.39 is 10.0 Å². The molecule has 1 heterocycles. The van der Waals surface area contributed by atoms with Gasteiger partial charge in [0.1, 0.15) is 0 Å². The molecule has 1 aliphatic heterocycles. The molecule has 1 N–H and O–H groups in total. The Labute approximate surface area is 145 Å². The van der Waals surface area contributed by atoms with Crippen LogP contribution in [0, 0.1) is 11.8 Å².